The van der Waals surface area contributed by atoms with E-state index in [9.17, 15) is 13.2 Å². The molecule has 29 heavy (non-hydrogen) atoms. The van der Waals surface area contributed by atoms with Gasteiger partial charge >= 0.3 is 0 Å². The van der Waals surface area contributed by atoms with Crippen molar-refractivity contribution in [3.05, 3.63) is 71.4 Å². The van der Waals surface area contributed by atoms with E-state index in [4.69, 9.17) is 5.21 Å². The number of hydrogen-bond acceptors (Lipinski definition) is 4. The number of aryl methyl sites for hydroxylation is 1. The maximum atomic E-state index is 12.6. The van der Waals surface area contributed by atoms with Crippen LogP contribution in [0.5, 0.6) is 0 Å². The first-order valence-corrected chi connectivity index (χ1v) is 10.6. The predicted molar refractivity (Wildman–Crippen MR) is 112 cm³/mol. The standard InChI is InChI=1S/C21H23N3O4S/c1-15-18(19-5-3-4-6-20(19)24(15)2)13-14-22-29(27,28)17-10-7-16(8-11-17)9-12-21(25)23-26/h3-12,22,26H,13-14H2,1-2H3,(H,23,25)/b12-9+. The van der Waals surface area contributed by atoms with Crippen LogP contribution in [0.2, 0.25) is 0 Å². The largest absolute Gasteiger partial charge is 0.348 e. The van der Waals surface area contributed by atoms with Crippen LogP contribution in [0.4, 0.5) is 0 Å². The van der Waals surface area contributed by atoms with Gasteiger partial charge in [0, 0.05) is 36.3 Å². The van der Waals surface area contributed by atoms with Gasteiger partial charge < -0.3 is 4.57 Å². The van der Waals surface area contributed by atoms with Crippen molar-refractivity contribution in [3.63, 3.8) is 0 Å². The Balaban J connectivity index is 1.69. The molecule has 0 saturated carbocycles. The van der Waals surface area contributed by atoms with Gasteiger partial charge in [0.05, 0.1) is 4.90 Å². The van der Waals surface area contributed by atoms with Crippen molar-refractivity contribution < 1.29 is 18.4 Å². The SMILES string of the molecule is Cc1c(CCNS(=O)(=O)c2ccc(/C=C/C(=O)NO)cc2)c2ccccc2n1C. The van der Waals surface area contributed by atoms with Gasteiger partial charge in [-0.2, -0.15) is 0 Å². The number of carbonyl (C=O) groups is 1. The summed E-state index contributed by atoms with van der Waals surface area (Å²) in [5.74, 6) is -0.660. The molecule has 0 bridgehead atoms. The number of hydrogen-bond donors (Lipinski definition) is 3. The lowest BCUT2D eigenvalue weighted by atomic mass is 10.1. The number of sulfonamides is 1. The number of fused-ring (bicyclic) bond motifs is 1. The zero-order valence-corrected chi connectivity index (χ0v) is 17.0. The first-order valence-electron chi connectivity index (χ1n) is 9.08. The van der Waals surface area contributed by atoms with Crippen molar-refractivity contribution in [2.75, 3.05) is 6.54 Å². The Bertz CT molecular complexity index is 1160. The summed E-state index contributed by atoms with van der Waals surface area (Å²) < 4.78 is 29.9. The predicted octanol–water partition coefficient (Wildman–Crippen LogP) is 2.53. The van der Waals surface area contributed by atoms with E-state index < -0.39 is 15.9 Å². The Morgan fingerprint density at radius 2 is 1.83 bits per heavy atom. The zero-order valence-electron chi connectivity index (χ0n) is 16.2. The summed E-state index contributed by atoms with van der Waals surface area (Å²) in [6, 6.07) is 14.2. The maximum absolute atomic E-state index is 12.6. The second-order valence-corrected chi connectivity index (χ2v) is 8.43. The van der Waals surface area contributed by atoms with E-state index in [-0.39, 0.29) is 11.4 Å². The lowest BCUT2D eigenvalue weighted by Crippen LogP contribution is -2.26. The van der Waals surface area contributed by atoms with Gasteiger partial charge in [-0.3, -0.25) is 10.0 Å². The van der Waals surface area contributed by atoms with Crippen molar-refractivity contribution in [1.29, 1.82) is 0 Å². The molecular weight excluding hydrogens is 390 g/mol. The van der Waals surface area contributed by atoms with Crippen LogP contribution < -0.4 is 10.2 Å². The van der Waals surface area contributed by atoms with Gasteiger partial charge in [0.1, 0.15) is 0 Å². The zero-order chi connectivity index (χ0) is 21.0. The van der Waals surface area contributed by atoms with Gasteiger partial charge in [-0.1, -0.05) is 30.3 Å². The number of carbonyl (C=O) groups excluding carboxylic acids is 1. The van der Waals surface area contributed by atoms with E-state index in [1.54, 1.807) is 12.1 Å². The average molecular weight is 413 g/mol. The first kappa shape index (κ1) is 20.8. The summed E-state index contributed by atoms with van der Waals surface area (Å²) in [6.07, 6.45) is 3.20. The fraction of sp³-hybridized carbons (Fsp3) is 0.190. The van der Waals surface area contributed by atoms with Gasteiger partial charge in [-0.25, -0.2) is 18.6 Å². The van der Waals surface area contributed by atoms with Crippen LogP contribution in [0.3, 0.4) is 0 Å². The quantitative estimate of drug-likeness (QED) is 0.315. The third-order valence-corrected chi connectivity index (χ3v) is 6.40. The number of hydroxylamine groups is 1. The van der Waals surface area contributed by atoms with E-state index in [1.807, 2.05) is 26.1 Å². The van der Waals surface area contributed by atoms with Crippen LogP contribution in [-0.2, 0) is 28.3 Å². The van der Waals surface area contributed by atoms with E-state index in [0.717, 1.165) is 28.2 Å². The fourth-order valence-electron chi connectivity index (χ4n) is 3.28. The summed E-state index contributed by atoms with van der Waals surface area (Å²) in [6.45, 7) is 2.32. The molecule has 3 N–H and O–H groups in total. The van der Waals surface area contributed by atoms with Gasteiger partial charge in [-0.05, 0) is 48.7 Å². The second-order valence-electron chi connectivity index (χ2n) is 6.67. The van der Waals surface area contributed by atoms with Crippen molar-refractivity contribution in [3.8, 4) is 0 Å². The number of aromatic nitrogens is 1. The summed E-state index contributed by atoms with van der Waals surface area (Å²) in [7, 11) is -1.64. The summed E-state index contributed by atoms with van der Waals surface area (Å²) in [5.41, 5.74) is 5.51. The van der Waals surface area contributed by atoms with Crippen LogP contribution >= 0.6 is 0 Å². The van der Waals surface area contributed by atoms with Crippen LogP contribution in [0.1, 0.15) is 16.8 Å². The highest BCUT2D eigenvalue weighted by atomic mass is 32.2. The van der Waals surface area contributed by atoms with Gasteiger partial charge in [0.2, 0.25) is 10.0 Å². The smallest absolute Gasteiger partial charge is 0.267 e. The topological polar surface area (TPSA) is 100 Å². The van der Waals surface area contributed by atoms with Crippen LogP contribution in [0, 0.1) is 6.92 Å². The van der Waals surface area contributed by atoms with Crippen LogP contribution in [0.15, 0.2) is 59.5 Å². The molecular formula is C21H23N3O4S. The number of amides is 1. The molecule has 0 spiro atoms. The highest BCUT2D eigenvalue weighted by Gasteiger charge is 2.15. The third-order valence-electron chi connectivity index (χ3n) is 4.93. The lowest BCUT2D eigenvalue weighted by Gasteiger charge is -2.08. The molecule has 0 saturated heterocycles. The van der Waals surface area contributed by atoms with E-state index in [1.165, 1.54) is 23.7 Å². The minimum Gasteiger partial charge on any atom is -0.348 e. The molecule has 0 radical (unpaired) electrons. The minimum absolute atomic E-state index is 0.149. The highest BCUT2D eigenvalue weighted by Crippen LogP contribution is 2.25. The first-order chi connectivity index (χ1) is 13.8. The molecule has 0 aliphatic rings. The molecule has 7 nitrogen and oxygen atoms in total. The highest BCUT2D eigenvalue weighted by molar-refractivity contribution is 7.89. The molecule has 1 heterocycles. The number of nitrogens with one attached hydrogen (secondary N) is 2. The van der Waals surface area contributed by atoms with Crippen molar-refractivity contribution in [1.82, 2.24) is 14.8 Å². The van der Waals surface area contributed by atoms with E-state index in [2.05, 4.69) is 21.4 Å². The Hall–Kier alpha value is -2.94. The Morgan fingerprint density at radius 3 is 2.52 bits per heavy atom. The molecule has 3 rings (SSSR count). The number of rotatable bonds is 7. The molecule has 2 aromatic carbocycles. The van der Waals surface area contributed by atoms with Gasteiger partial charge in [-0.15, -0.1) is 0 Å². The Labute approximate surface area is 169 Å². The molecule has 1 aromatic heterocycles. The molecule has 0 aliphatic carbocycles. The van der Waals surface area contributed by atoms with Gasteiger partial charge in [0.25, 0.3) is 5.91 Å². The van der Waals surface area contributed by atoms with E-state index >= 15 is 0 Å². The molecule has 3 aromatic rings. The van der Waals surface area contributed by atoms with Crippen molar-refractivity contribution in [2.45, 2.75) is 18.2 Å². The number of benzene rings is 2. The number of para-hydroxylation sites is 1. The van der Waals surface area contributed by atoms with Crippen LogP contribution in [-0.4, -0.2) is 30.6 Å². The van der Waals surface area contributed by atoms with Crippen molar-refractivity contribution in [2.24, 2.45) is 7.05 Å². The summed E-state index contributed by atoms with van der Waals surface area (Å²) in [5, 5.41) is 9.60. The van der Waals surface area contributed by atoms with Crippen LogP contribution in [0.25, 0.3) is 17.0 Å². The fourth-order valence-corrected chi connectivity index (χ4v) is 4.31. The Kier molecular flexibility index (Phi) is 6.17. The third kappa shape index (κ3) is 4.56. The molecule has 0 atom stereocenters. The lowest BCUT2D eigenvalue weighted by molar-refractivity contribution is -0.124. The summed E-state index contributed by atoms with van der Waals surface area (Å²) in [4.78, 5) is 11.1. The normalized spacial score (nSPS) is 12.0. The molecule has 152 valence electrons. The summed E-state index contributed by atoms with van der Waals surface area (Å²) >= 11 is 0. The van der Waals surface area contributed by atoms with Gasteiger partial charge in [0.15, 0.2) is 0 Å². The Morgan fingerprint density at radius 1 is 1.14 bits per heavy atom. The molecule has 0 unspecified atom stereocenters. The number of nitrogens with zero attached hydrogens (tertiary/aromatic N) is 1. The molecule has 8 heteroatoms. The monoisotopic (exact) mass is 413 g/mol. The second kappa shape index (κ2) is 8.60. The van der Waals surface area contributed by atoms with E-state index in [0.29, 0.717) is 12.0 Å². The molecule has 0 aliphatic heterocycles. The maximum Gasteiger partial charge on any atom is 0.267 e. The average Bonchev–Trinajstić information content (AvgIpc) is 2.97. The minimum atomic E-state index is -3.64. The molecule has 1 amide bonds. The molecule has 0 fully saturated rings. The van der Waals surface area contributed by atoms with Crippen molar-refractivity contribution >= 4 is 32.9 Å².